The Morgan fingerprint density at radius 2 is 1.88 bits per heavy atom. The first kappa shape index (κ1) is 21.5. The van der Waals surface area contributed by atoms with Crippen LogP contribution in [-0.4, -0.2) is 47.9 Å². The van der Waals surface area contributed by atoms with E-state index in [-0.39, 0.29) is 23.4 Å². The number of thiophene rings is 1. The molecule has 2 amide bonds. The molecule has 0 unspecified atom stereocenters. The van der Waals surface area contributed by atoms with Gasteiger partial charge in [-0.2, -0.15) is 10.2 Å². The van der Waals surface area contributed by atoms with E-state index < -0.39 is 0 Å². The summed E-state index contributed by atoms with van der Waals surface area (Å²) in [6, 6.07) is 16.0. The third-order valence-corrected chi connectivity index (χ3v) is 6.32. The Morgan fingerprint density at radius 1 is 1.06 bits per heavy atom. The summed E-state index contributed by atoms with van der Waals surface area (Å²) in [6.07, 6.45) is 1.51. The summed E-state index contributed by atoms with van der Waals surface area (Å²) in [4.78, 5) is 34.2. The van der Waals surface area contributed by atoms with E-state index in [1.54, 1.807) is 53.4 Å². The van der Waals surface area contributed by atoms with E-state index in [0.29, 0.717) is 54.0 Å². The molecule has 0 aliphatic carbocycles. The van der Waals surface area contributed by atoms with Gasteiger partial charge in [0.25, 0.3) is 17.7 Å². The first-order chi connectivity index (χ1) is 16.6. The van der Waals surface area contributed by atoms with E-state index in [9.17, 15) is 14.9 Å². The summed E-state index contributed by atoms with van der Waals surface area (Å²) in [6.45, 7) is 1.79. The lowest BCUT2D eigenvalue weighted by molar-refractivity contribution is 0.0746. The maximum atomic E-state index is 13.3. The van der Waals surface area contributed by atoms with Crippen LogP contribution in [0.15, 0.2) is 69.0 Å². The van der Waals surface area contributed by atoms with E-state index in [4.69, 9.17) is 8.83 Å². The molecule has 4 aromatic rings. The summed E-state index contributed by atoms with van der Waals surface area (Å²) >= 11 is 1.34. The molecule has 0 saturated carbocycles. The second kappa shape index (κ2) is 9.25. The summed E-state index contributed by atoms with van der Waals surface area (Å²) in [5.41, 5.74) is 1.07. The number of benzene rings is 1. The van der Waals surface area contributed by atoms with Gasteiger partial charge in [0.2, 0.25) is 11.6 Å². The largest absolute Gasteiger partial charge is 0.459 e. The summed E-state index contributed by atoms with van der Waals surface area (Å²) in [5, 5.41) is 14.2. The molecule has 1 aliphatic heterocycles. The Labute approximate surface area is 198 Å². The standard InChI is InChI=1S/C24H19N5O4S/c25-15-18-24(33-22(27-18)19-7-3-13-32-19)29-11-9-28(10-12-29)23(31)16-5-1-2-6-17(16)26-21(30)20-8-4-14-34-20/h1-8,13-14H,9-12H2,(H,26,30). The molecule has 170 valence electrons. The van der Waals surface area contributed by atoms with Crippen LogP contribution in [0.5, 0.6) is 0 Å². The van der Waals surface area contributed by atoms with Gasteiger partial charge in [-0.3, -0.25) is 9.59 Å². The number of oxazole rings is 1. The molecule has 1 fully saturated rings. The summed E-state index contributed by atoms with van der Waals surface area (Å²) < 4.78 is 11.1. The topological polar surface area (TPSA) is 116 Å². The van der Waals surface area contributed by atoms with E-state index in [0.717, 1.165) is 0 Å². The summed E-state index contributed by atoms with van der Waals surface area (Å²) in [5.74, 6) is 0.630. The van der Waals surface area contributed by atoms with Crippen molar-refractivity contribution in [2.75, 3.05) is 36.4 Å². The SMILES string of the molecule is N#Cc1nc(-c2ccco2)oc1N1CCN(C(=O)c2ccccc2NC(=O)c2cccs2)CC1. The normalized spacial score (nSPS) is 13.5. The molecule has 0 spiro atoms. The number of carbonyl (C=O) groups is 2. The molecule has 1 aromatic carbocycles. The molecule has 9 nitrogen and oxygen atoms in total. The highest BCUT2D eigenvalue weighted by atomic mass is 32.1. The highest BCUT2D eigenvalue weighted by Gasteiger charge is 2.28. The second-order valence-electron chi connectivity index (χ2n) is 7.52. The molecule has 3 aromatic heterocycles. The van der Waals surface area contributed by atoms with Crippen LogP contribution in [0.2, 0.25) is 0 Å². The van der Waals surface area contributed by atoms with E-state index in [2.05, 4.69) is 16.4 Å². The average Bonchev–Trinajstić information content (AvgIpc) is 3.65. The van der Waals surface area contributed by atoms with Crippen molar-refractivity contribution in [2.24, 2.45) is 0 Å². The predicted octanol–water partition coefficient (Wildman–Crippen LogP) is 4.08. The zero-order valence-electron chi connectivity index (χ0n) is 17.9. The van der Waals surface area contributed by atoms with E-state index in [1.807, 2.05) is 10.3 Å². The Balaban J connectivity index is 1.28. The molecule has 1 N–H and O–H groups in total. The Hall–Kier alpha value is -4.36. The molecule has 5 rings (SSSR count). The van der Waals surface area contributed by atoms with Crippen molar-refractivity contribution in [1.82, 2.24) is 9.88 Å². The number of nitrogens with one attached hydrogen (secondary N) is 1. The molecule has 10 heteroatoms. The zero-order valence-corrected chi connectivity index (χ0v) is 18.7. The van der Waals surface area contributed by atoms with Crippen molar-refractivity contribution < 1.29 is 18.4 Å². The van der Waals surface area contributed by atoms with Gasteiger partial charge in [-0.1, -0.05) is 18.2 Å². The fourth-order valence-corrected chi connectivity index (χ4v) is 4.38. The van der Waals surface area contributed by atoms with Gasteiger partial charge in [-0.15, -0.1) is 11.3 Å². The predicted molar refractivity (Wildman–Crippen MR) is 126 cm³/mol. The average molecular weight is 474 g/mol. The molecular weight excluding hydrogens is 454 g/mol. The molecule has 0 atom stereocenters. The minimum atomic E-state index is -0.248. The molecule has 1 saturated heterocycles. The number of nitriles is 1. The maximum absolute atomic E-state index is 13.3. The van der Waals surface area contributed by atoms with Gasteiger partial charge in [0.05, 0.1) is 22.4 Å². The van der Waals surface area contributed by atoms with Crippen LogP contribution >= 0.6 is 11.3 Å². The van der Waals surface area contributed by atoms with Gasteiger partial charge in [-0.05, 0) is 35.7 Å². The van der Waals surface area contributed by atoms with E-state index in [1.165, 1.54) is 17.6 Å². The number of amides is 2. The highest BCUT2D eigenvalue weighted by molar-refractivity contribution is 7.12. The molecule has 0 radical (unpaired) electrons. The Morgan fingerprint density at radius 3 is 2.59 bits per heavy atom. The van der Waals surface area contributed by atoms with Crippen LogP contribution in [-0.2, 0) is 0 Å². The quantitative estimate of drug-likeness (QED) is 0.464. The smallest absolute Gasteiger partial charge is 0.266 e. The van der Waals surface area contributed by atoms with Crippen LogP contribution in [0.3, 0.4) is 0 Å². The van der Waals surface area contributed by atoms with Crippen molar-refractivity contribution in [3.63, 3.8) is 0 Å². The highest BCUT2D eigenvalue weighted by Crippen LogP contribution is 2.29. The van der Waals surface area contributed by atoms with Gasteiger partial charge >= 0.3 is 0 Å². The van der Waals surface area contributed by atoms with Crippen molar-refractivity contribution in [2.45, 2.75) is 0 Å². The van der Waals surface area contributed by atoms with Crippen molar-refractivity contribution in [1.29, 1.82) is 5.26 Å². The van der Waals surface area contributed by atoms with Crippen LogP contribution in [0.25, 0.3) is 11.7 Å². The minimum Gasteiger partial charge on any atom is -0.459 e. The summed E-state index contributed by atoms with van der Waals surface area (Å²) in [7, 11) is 0. The Kier molecular flexibility index (Phi) is 5.84. The lowest BCUT2D eigenvalue weighted by Crippen LogP contribution is -2.49. The van der Waals surface area contributed by atoms with Crippen molar-refractivity contribution >= 4 is 34.7 Å². The number of para-hydroxylation sites is 1. The number of rotatable bonds is 5. The van der Waals surface area contributed by atoms with Crippen molar-refractivity contribution in [3.05, 3.63) is 76.3 Å². The minimum absolute atomic E-state index is 0.170. The van der Waals surface area contributed by atoms with Gasteiger partial charge < -0.3 is 24.0 Å². The van der Waals surface area contributed by atoms with Gasteiger partial charge in [0.15, 0.2) is 5.76 Å². The van der Waals surface area contributed by atoms with Gasteiger partial charge in [0.1, 0.15) is 6.07 Å². The number of aromatic nitrogens is 1. The van der Waals surface area contributed by atoms with Gasteiger partial charge in [-0.25, -0.2) is 0 Å². The molecule has 4 heterocycles. The first-order valence-corrected chi connectivity index (χ1v) is 11.4. The van der Waals surface area contributed by atoms with Crippen LogP contribution in [0.4, 0.5) is 11.6 Å². The third-order valence-electron chi connectivity index (χ3n) is 5.45. The van der Waals surface area contributed by atoms with E-state index >= 15 is 0 Å². The molecular formula is C24H19N5O4S. The molecule has 34 heavy (non-hydrogen) atoms. The van der Waals surface area contributed by atoms with Crippen LogP contribution < -0.4 is 10.2 Å². The van der Waals surface area contributed by atoms with Crippen LogP contribution in [0.1, 0.15) is 25.7 Å². The number of piperazine rings is 1. The fraction of sp³-hybridized carbons (Fsp3) is 0.167. The first-order valence-electron chi connectivity index (χ1n) is 10.6. The third kappa shape index (κ3) is 4.16. The zero-order chi connectivity index (χ0) is 23.5. The lowest BCUT2D eigenvalue weighted by atomic mass is 10.1. The number of carbonyl (C=O) groups excluding carboxylic acids is 2. The second-order valence-corrected chi connectivity index (χ2v) is 8.47. The number of furan rings is 1. The Bertz CT molecular complexity index is 1350. The van der Waals surface area contributed by atoms with Crippen molar-refractivity contribution in [3.8, 4) is 17.7 Å². The van der Waals surface area contributed by atoms with Crippen LogP contribution in [0, 0.1) is 11.3 Å². The maximum Gasteiger partial charge on any atom is 0.266 e. The van der Waals surface area contributed by atoms with Gasteiger partial charge in [0, 0.05) is 26.2 Å². The fourth-order valence-electron chi connectivity index (χ4n) is 3.76. The number of hydrogen-bond acceptors (Lipinski definition) is 8. The monoisotopic (exact) mass is 473 g/mol. The number of anilines is 2. The molecule has 1 aliphatic rings. The molecule has 0 bridgehead atoms. The lowest BCUT2D eigenvalue weighted by Gasteiger charge is -2.34. The number of hydrogen-bond donors (Lipinski definition) is 1. The number of nitrogens with zero attached hydrogens (tertiary/aromatic N) is 4.